The molecule has 0 nitrogen and oxygen atoms in total. The average molecular weight is 719 g/mol. The van der Waals surface area contributed by atoms with Crippen molar-refractivity contribution < 1.29 is 73.2 Å². The summed E-state index contributed by atoms with van der Waals surface area (Å²) >= 11 is -2.77. The Labute approximate surface area is 272 Å². The molecule has 4 rings (SSSR count). The van der Waals surface area contributed by atoms with Crippen LogP contribution in [-0.2, 0) is 50.7 Å². The maximum Gasteiger partial charge on any atom is 4.00 e. The van der Waals surface area contributed by atoms with Crippen LogP contribution < -0.4 is 0 Å². The van der Waals surface area contributed by atoms with Crippen molar-refractivity contribution in [2.75, 3.05) is 0 Å². The van der Waals surface area contributed by atoms with Crippen molar-refractivity contribution >= 4 is 14.5 Å². The molecule has 4 fully saturated rings. The van der Waals surface area contributed by atoms with E-state index < -0.39 is 39.0 Å². The van der Waals surface area contributed by atoms with Gasteiger partial charge in [0.25, 0.3) is 0 Å². The molecule has 0 aromatic carbocycles. The second-order valence-corrected chi connectivity index (χ2v) is 8.75. The van der Waals surface area contributed by atoms with E-state index in [1.54, 1.807) is 0 Å². The molecule has 0 amide bonds. The normalized spacial score (nSPS) is 14.3. The predicted molar refractivity (Wildman–Crippen MR) is 161 cm³/mol. The Kier molecular flexibility index (Phi) is 118. The van der Waals surface area contributed by atoms with Crippen LogP contribution in [-0.4, -0.2) is 14.5 Å². The molecule has 0 atom stereocenters. The van der Waals surface area contributed by atoms with E-state index in [-0.39, 0.29) is 70.8 Å². The van der Waals surface area contributed by atoms with Crippen molar-refractivity contribution in [3.05, 3.63) is 44.6 Å². The Hall–Kier alpha value is 1.48. The second-order valence-electron chi connectivity index (χ2n) is 8.40. The Morgan fingerprint density at radius 2 is 0.395 bits per heavy atom. The minimum Gasteiger partial charge on any atom is 4.00 e. The van der Waals surface area contributed by atoms with E-state index in [0.29, 0.717) is 0 Å². The summed E-state index contributed by atoms with van der Waals surface area (Å²) in [5.41, 5.74) is 0. The molecule has 0 radical (unpaired) electrons. The first-order valence-corrected chi connectivity index (χ1v) is 14.3. The molecule has 0 heterocycles. The topological polar surface area (TPSA) is 0 Å². The van der Waals surface area contributed by atoms with Gasteiger partial charge in [-0.1, -0.05) is 142 Å². The Morgan fingerprint density at radius 1 is 0.368 bits per heavy atom. The van der Waals surface area contributed by atoms with E-state index in [4.69, 9.17) is 0 Å². The fraction of sp³-hybridized carbons (Fsp3) is 0.786. The third-order valence-electron chi connectivity index (χ3n) is 5.00. The molecule has 0 aromatic rings. The average Bonchev–Trinajstić information content (AvgIpc) is 3.57. The summed E-state index contributed by atoms with van der Waals surface area (Å²) in [4.78, 5) is 0. The summed E-state index contributed by atoms with van der Waals surface area (Å²) in [6.45, 7) is 2.33. The Bertz CT molecular complexity index is 200. The fourth-order valence-electron chi connectivity index (χ4n) is 3.54. The molecule has 232 valence electrons. The van der Waals surface area contributed by atoms with Gasteiger partial charge in [0.2, 0.25) is 0 Å². The summed E-state index contributed by atoms with van der Waals surface area (Å²) in [7, 11) is -3.67. The van der Waals surface area contributed by atoms with Crippen molar-refractivity contribution in [3.8, 4) is 0 Å². The quantitative estimate of drug-likeness (QED) is 0.133. The van der Waals surface area contributed by atoms with Crippen molar-refractivity contribution in [3.63, 3.8) is 0 Å². The van der Waals surface area contributed by atoms with Crippen LogP contribution in [0.15, 0.2) is 0 Å². The van der Waals surface area contributed by atoms with Gasteiger partial charge in [-0.3, -0.25) is 12.9 Å². The molecule has 10 heteroatoms. The van der Waals surface area contributed by atoms with Gasteiger partial charge in [-0.15, -0.1) is 0 Å². The van der Waals surface area contributed by atoms with Gasteiger partial charge < -0.3 is 48.9 Å². The molecule has 0 unspecified atom stereocenters. The standard InChI is InChI=1S/4C5H10.C2H6BF.6CH3.BF3.2FH.2Zr/c4*1-2-4-5-3-1;1-3(2)4;;;;;;;2-1(3)4;;;;/h4*1-5H2;1-2H3;6*1H3;;2*1H;;/q;;;;;6*-1;;;;2*+4/p-2. The third kappa shape index (κ3) is 108. The van der Waals surface area contributed by atoms with Gasteiger partial charge in [-0.25, -0.2) is 0 Å². The maximum absolute atomic E-state index is 11.0. The molecule has 0 aromatic heterocycles. The van der Waals surface area contributed by atoms with Gasteiger partial charge in [0.15, 0.2) is 0 Å². The second kappa shape index (κ2) is 66.6. The minimum atomic E-state index is -3.67. The Morgan fingerprint density at radius 3 is 0.421 bits per heavy atom. The molecule has 0 aliphatic heterocycles. The summed E-state index contributed by atoms with van der Waals surface area (Å²) in [5.74, 6) is 0. The molecule has 0 saturated heterocycles. The first-order chi connectivity index (χ1) is 14.9. The van der Waals surface area contributed by atoms with E-state index in [2.05, 4.69) is 0 Å². The summed E-state index contributed by atoms with van der Waals surface area (Å²) < 4.78 is 59.6. The molecule has 0 N–H and O–H groups in total. The number of hydrogen-bond acceptors (Lipinski definition) is 0. The van der Waals surface area contributed by atoms with Gasteiger partial charge in [0.1, 0.15) is 0 Å². The molecular weight excluding hydrogens is 654 g/mol. The molecule has 4 saturated carbocycles. The van der Waals surface area contributed by atoms with Crippen LogP contribution in [0.25, 0.3) is 0 Å². The zero-order valence-corrected chi connectivity index (χ0v) is 31.5. The van der Waals surface area contributed by atoms with Crippen molar-refractivity contribution in [1.82, 2.24) is 0 Å². The summed E-state index contributed by atoms with van der Waals surface area (Å²) in [6, 6.07) is 0. The van der Waals surface area contributed by atoms with E-state index in [9.17, 15) is 22.5 Å². The van der Waals surface area contributed by atoms with Crippen LogP contribution in [0.3, 0.4) is 0 Å². The van der Waals surface area contributed by atoms with Gasteiger partial charge in [-0.2, -0.15) is 0 Å². The van der Waals surface area contributed by atoms with Crippen molar-refractivity contribution in [2.24, 2.45) is 0 Å². The van der Waals surface area contributed by atoms with E-state index in [0.717, 1.165) is 0 Å². The fourth-order valence-corrected chi connectivity index (χ4v) is 3.54. The van der Waals surface area contributed by atoms with Gasteiger partial charge in [0.05, 0.1) is 0 Å². The molecule has 0 bridgehead atoms. The summed E-state index contributed by atoms with van der Waals surface area (Å²) in [6.07, 6.45) is 30.0. The maximum atomic E-state index is 11.0. The largest absolute Gasteiger partial charge is 4.00 e. The molecule has 4 aliphatic carbocycles. The van der Waals surface area contributed by atoms with Crippen LogP contribution in [0.1, 0.15) is 128 Å². The monoisotopic (exact) mass is 716 g/mol. The van der Waals surface area contributed by atoms with Gasteiger partial charge in [0, 0.05) is 0 Å². The zero-order chi connectivity index (χ0) is 24.0. The predicted octanol–water partition coefficient (Wildman–Crippen LogP) is 13.4. The zero-order valence-electron chi connectivity index (χ0n) is 26.6. The van der Waals surface area contributed by atoms with Crippen molar-refractivity contribution in [2.45, 2.75) is 142 Å². The van der Waals surface area contributed by atoms with Crippen LogP contribution in [0.4, 0.5) is 22.5 Å². The number of hydrogen-bond donors (Lipinski definition) is 0. The van der Waals surface area contributed by atoms with E-state index >= 15 is 0 Å². The SMILES string of the molecule is C1CCCC1.C1CCCC1.C1CCCC1.C1CCCC1.CB(C)F.FB(F)F.[CH3-].[CH3-].[CH3-].[CH3-].[CH3-].[CH3-].[F][Zr+2][F].[Zr+4]. The number of rotatable bonds is 0. The van der Waals surface area contributed by atoms with E-state index in [1.165, 1.54) is 142 Å². The Balaban J connectivity index is -0.0000000294. The third-order valence-corrected chi connectivity index (χ3v) is 5.00. The van der Waals surface area contributed by atoms with Crippen LogP contribution in [0.5, 0.6) is 0 Å². The number of halogens is 6. The summed E-state index contributed by atoms with van der Waals surface area (Å²) in [5, 5.41) is 0. The van der Waals surface area contributed by atoms with Crippen LogP contribution in [0.2, 0.25) is 13.6 Å². The smallest absolute Gasteiger partial charge is 4.00 e. The minimum absolute atomic E-state index is 0. The van der Waals surface area contributed by atoms with E-state index in [1.807, 2.05) is 0 Å². The van der Waals surface area contributed by atoms with Crippen molar-refractivity contribution in [1.29, 1.82) is 0 Å². The molecule has 38 heavy (non-hydrogen) atoms. The molecular formula is C28H64B2F6Zr2. The van der Waals surface area contributed by atoms with Crippen LogP contribution in [0, 0.1) is 44.6 Å². The molecule has 0 spiro atoms. The first-order valence-electron chi connectivity index (χ1n) is 12.4. The van der Waals surface area contributed by atoms with Gasteiger partial charge >= 0.3 is 70.4 Å². The molecule has 4 aliphatic rings. The van der Waals surface area contributed by atoms with Crippen LogP contribution >= 0.6 is 0 Å². The van der Waals surface area contributed by atoms with Gasteiger partial charge in [-0.05, 0) is 0 Å². The first kappa shape index (κ1) is 67.3.